The van der Waals surface area contributed by atoms with Gasteiger partial charge >= 0.3 is 5.97 Å². The number of sulfonamides is 1. The maximum Gasteiger partial charge on any atom is 0.338 e. The number of hydrogen-bond donors (Lipinski definition) is 2. The Bertz CT molecular complexity index is 791. The zero-order valence-electron chi connectivity index (χ0n) is 10.9. The Balaban J connectivity index is 2.48. The van der Waals surface area contributed by atoms with Crippen molar-refractivity contribution in [3.63, 3.8) is 0 Å². The minimum atomic E-state index is -4.02. The van der Waals surface area contributed by atoms with Gasteiger partial charge in [0.05, 0.1) is 16.1 Å². The summed E-state index contributed by atoms with van der Waals surface area (Å²) in [6, 6.07) is 4.73. The second kappa shape index (κ2) is 5.49. The van der Waals surface area contributed by atoms with Gasteiger partial charge in [0, 0.05) is 12.4 Å². The predicted molar refractivity (Wildman–Crippen MR) is 73.1 cm³/mol. The molecule has 0 spiro atoms. The number of hydrogen-bond acceptors (Lipinski definition) is 4. The number of aromatic carboxylic acids is 1. The van der Waals surface area contributed by atoms with Gasteiger partial charge in [-0.15, -0.1) is 0 Å². The van der Waals surface area contributed by atoms with E-state index in [4.69, 9.17) is 5.11 Å². The number of nitrogens with zero attached hydrogens (tertiary/aromatic N) is 1. The molecule has 1 heterocycles. The summed E-state index contributed by atoms with van der Waals surface area (Å²) < 4.78 is 40.3. The summed E-state index contributed by atoms with van der Waals surface area (Å²) >= 11 is 0. The van der Waals surface area contributed by atoms with Crippen LogP contribution in [0.2, 0.25) is 0 Å². The first-order valence-electron chi connectivity index (χ1n) is 5.77. The monoisotopic (exact) mass is 310 g/mol. The van der Waals surface area contributed by atoms with Crippen LogP contribution in [0.4, 0.5) is 10.1 Å². The number of nitrogens with one attached hydrogen (secondary N) is 1. The molecule has 2 aromatic rings. The van der Waals surface area contributed by atoms with E-state index in [2.05, 4.69) is 9.71 Å². The first-order chi connectivity index (χ1) is 9.81. The summed E-state index contributed by atoms with van der Waals surface area (Å²) in [4.78, 5) is 14.4. The largest absolute Gasteiger partial charge is 0.478 e. The Morgan fingerprint density at radius 2 is 1.90 bits per heavy atom. The molecule has 110 valence electrons. The molecule has 1 aromatic heterocycles. The van der Waals surface area contributed by atoms with Crippen molar-refractivity contribution >= 4 is 21.7 Å². The maximum absolute atomic E-state index is 13.6. The molecule has 0 unspecified atom stereocenters. The van der Waals surface area contributed by atoms with Crippen molar-refractivity contribution in [2.24, 2.45) is 0 Å². The maximum atomic E-state index is 13.6. The van der Waals surface area contributed by atoms with Crippen LogP contribution in [0.1, 0.15) is 15.9 Å². The first-order valence-corrected chi connectivity index (χ1v) is 7.26. The molecule has 1 aromatic carbocycles. The number of carboxylic acids is 1. The molecule has 0 saturated heterocycles. The molecule has 0 radical (unpaired) electrons. The number of carboxylic acid groups (broad SMARTS) is 1. The van der Waals surface area contributed by atoms with Gasteiger partial charge in [0.15, 0.2) is 0 Å². The Labute approximate surface area is 120 Å². The third-order valence-electron chi connectivity index (χ3n) is 2.70. The van der Waals surface area contributed by atoms with E-state index in [1.807, 2.05) is 0 Å². The average molecular weight is 310 g/mol. The van der Waals surface area contributed by atoms with Crippen LogP contribution in [0.15, 0.2) is 41.6 Å². The standard InChI is InChI=1S/C13H11FN2O4S/c1-8-6-10(7-11(12(8)14)13(17)18)21(19,20)16-9-2-4-15-5-3-9/h2-7H,1H3,(H,15,16)(H,17,18). The molecule has 0 aliphatic rings. The number of rotatable bonds is 4. The second-order valence-corrected chi connectivity index (χ2v) is 5.93. The van der Waals surface area contributed by atoms with Gasteiger partial charge in [-0.2, -0.15) is 0 Å². The molecule has 2 N–H and O–H groups in total. The van der Waals surface area contributed by atoms with Crippen LogP contribution in [0.5, 0.6) is 0 Å². The number of anilines is 1. The van der Waals surface area contributed by atoms with Crippen LogP contribution >= 0.6 is 0 Å². The van der Waals surface area contributed by atoms with E-state index in [9.17, 15) is 17.6 Å². The van der Waals surface area contributed by atoms with E-state index >= 15 is 0 Å². The van der Waals surface area contributed by atoms with Gasteiger partial charge in [-0.25, -0.2) is 17.6 Å². The molecule has 8 heteroatoms. The van der Waals surface area contributed by atoms with Gasteiger partial charge in [-0.3, -0.25) is 9.71 Å². The van der Waals surface area contributed by atoms with Crippen molar-refractivity contribution in [2.75, 3.05) is 4.72 Å². The molecular formula is C13H11FN2O4S. The van der Waals surface area contributed by atoms with Crippen LogP contribution in [-0.2, 0) is 10.0 Å². The molecule has 6 nitrogen and oxygen atoms in total. The Kier molecular flexibility index (Phi) is 3.90. The summed E-state index contributed by atoms with van der Waals surface area (Å²) in [7, 11) is -4.02. The molecule has 0 bridgehead atoms. The molecule has 0 aliphatic heterocycles. The van der Waals surface area contributed by atoms with Crippen LogP contribution in [0, 0.1) is 12.7 Å². The molecule has 2 rings (SSSR count). The number of carbonyl (C=O) groups is 1. The quantitative estimate of drug-likeness (QED) is 0.900. The smallest absolute Gasteiger partial charge is 0.338 e. The van der Waals surface area contributed by atoms with Crippen LogP contribution < -0.4 is 4.72 Å². The molecule has 21 heavy (non-hydrogen) atoms. The molecule has 0 fully saturated rings. The van der Waals surface area contributed by atoms with E-state index in [1.54, 1.807) is 0 Å². The fourth-order valence-corrected chi connectivity index (χ4v) is 2.85. The van der Waals surface area contributed by atoms with Crippen molar-refractivity contribution in [2.45, 2.75) is 11.8 Å². The molecular weight excluding hydrogens is 299 g/mol. The number of halogens is 1. The number of pyridine rings is 1. The lowest BCUT2D eigenvalue weighted by atomic mass is 10.1. The van der Waals surface area contributed by atoms with E-state index in [0.717, 1.165) is 12.1 Å². The minimum Gasteiger partial charge on any atom is -0.478 e. The number of aromatic nitrogens is 1. The highest BCUT2D eigenvalue weighted by molar-refractivity contribution is 7.92. The minimum absolute atomic E-state index is 0.0648. The van der Waals surface area contributed by atoms with Crippen molar-refractivity contribution in [1.82, 2.24) is 4.98 Å². The van der Waals surface area contributed by atoms with Crippen molar-refractivity contribution in [3.05, 3.63) is 53.6 Å². The van der Waals surface area contributed by atoms with E-state index < -0.39 is 27.4 Å². The van der Waals surface area contributed by atoms with E-state index in [0.29, 0.717) is 0 Å². The van der Waals surface area contributed by atoms with Crippen LogP contribution in [0.3, 0.4) is 0 Å². The SMILES string of the molecule is Cc1cc(S(=O)(=O)Nc2ccncc2)cc(C(=O)O)c1F. The van der Waals surface area contributed by atoms with Crippen LogP contribution in [0.25, 0.3) is 0 Å². The molecule has 0 atom stereocenters. The molecule has 0 saturated carbocycles. The Hall–Kier alpha value is -2.48. The summed E-state index contributed by atoms with van der Waals surface area (Å²) in [5.41, 5.74) is -0.487. The summed E-state index contributed by atoms with van der Waals surface area (Å²) in [6.45, 7) is 1.30. The lowest BCUT2D eigenvalue weighted by Gasteiger charge is -2.10. The lowest BCUT2D eigenvalue weighted by molar-refractivity contribution is 0.0691. The summed E-state index contributed by atoms with van der Waals surface area (Å²) in [5.74, 6) is -2.48. The molecule has 0 amide bonds. The Morgan fingerprint density at radius 3 is 2.48 bits per heavy atom. The number of benzene rings is 1. The lowest BCUT2D eigenvalue weighted by Crippen LogP contribution is -2.15. The zero-order chi connectivity index (χ0) is 15.6. The predicted octanol–water partition coefficient (Wildman–Crippen LogP) is 2.03. The molecule has 0 aliphatic carbocycles. The Morgan fingerprint density at radius 1 is 1.29 bits per heavy atom. The van der Waals surface area contributed by atoms with Gasteiger partial charge in [-0.05, 0) is 36.8 Å². The fraction of sp³-hybridized carbons (Fsp3) is 0.0769. The average Bonchev–Trinajstić information content (AvgIpc) is 2.41. The third-order valence-corrected chi connectivity index (χ3v) is 4.06. The van der Waals surface area contributed by atoms with Crippen molar-refractivity contribution in [1.29, 1.82) is 0 Å². The topological polar surface area (TPSA) is 96.4 Å². The van der Waals surface area contributed by atoms with E-state index in [-0.39, 0.29) is 16.1 Å². The summed E-state index contributed by atoms with van der Waals surface area (Å²) in [5, 5.41) is 8.91. The summed E-state index contributed by atoms with van der Waals surface area (Å²) in [6.07, 6.45) is 2.80. The number of aryl methyl sites for hydroxylation is 1. The van der Waals surface area contributed by atoms with Gasteiger partial charge in [0.25, 0.3) is 10.0 Å². The highest BCUT2D eigenvalue weighted by Gasteiger charge is 2.21. The van der Waals surface area contributed by atoms with E-state index in [1.165, 1.54) is 31.5 Å². The normalized spacial score (nSPS) is 11.1. The van der Waals surface area contributed by atoms with Gasteiger partial charge < -0.3 is 5.11 Å². The zero-order valence-corrected chi connectivity index (χ0v) is 11.7. The highest BCUT2D eigenvalue weighted by Crippen LogP contribution is 2.21. The highest BCUT2D eigenvalue weighted by atomic mass is 32.2. The fourth-order valence-electron chi connectivity index (χ4n) is 1.68. The van der Waals surface area contributed by atoms with Gasteiger partial charge in [0.1, 0.15) is 5.82 Å². The first kappa shape index (κ1) is 14.9. The van der Waals surface area contributed by atoms with Crippen molar-refractivity contribution < 1.29 is 22.7 Å². The third kappa shape index (κ3) is 3.16. The van der Waals surface area contributed by atoms with Crippen LogP contribution in [-0.4, -0.2) is 24.5 Å². The van der Waals surface area contributed by atoms with Gasteiger partial charge in [0.2, 0.25) is 0 Å². The van der Waals surface area contributed by atoms with Gasteiger partial charge in [-0.1, -0.05) is 0 Å². The van der Waals surface area contributed by atoms with Crippen molar-refractivity contribution in [3.8, 4) is 0 Å². The second-order valence-electron chi connectivity index (χ2n) is 4.25.